The van der Waals surface area contributed by atoms with Gasteiger partial charge in [0.05, 0.1) is 30.9 Å². The van der Waals surface area contributed by atoms with Crippen molar-refractivity contribution in [1.82, 2.24) is 0 Å². The monoisotopic (exact) mass is 578 g/mol. The van der Waals surface area contributed by atoms with Crippen LogP contribution in [0, 0.1) is 0 Å². The Labute approximate surface area is 233 Å². The van der Waals surface area contributed by atoms with Crippen LogP contribution in [0.4, 0.5) is 26.3 Å². The summed E-state index contributed by atoms with van der Waals surface area (Å²) in [7, 11) is 2.66. The van der Waals surface area contributed by atoms with Gasteiger partial charge in [-0.2, -0.15) is 26.3 Å². The zero-order valence-electron chi connectivity index (χ0n) is 21.3. The van der Waals surface area contributed by atoms with Gasteiger partial charge in [0.25, 0.3) is 0 Å². The van der Waals surface area contributed by atoms with E-state index in [1.54, 1.807) is 60.7 Å². The van der Waals surface area contributed by atoms with Crippen LogP contribution < -0.4 is 9.47 Å². The summed E-state index contributed by atoms with van der Waals surface area (Å²) in [6.45, 7) is 0. The SMILES string of the molecule is C.COc1ccc(C(F)(F)F)cc1C(=O)c1ccccc1.COc1ccc(C(F)(F)F)cc1C(O)c1ccccc1. The Hall–Kier alpha value is -4.31. The Balaban J connectivity index is 0.000000280. The number of carbonyl (C=O) groups is 1. The molecule has 0 aliphatic heterocycles. The van der Waals surface area contributed by atoms with E-state index in [1.165, 1.54) is 20.3 Å². The minimum Gasteiger partial charge on any atom is -0.496 e. The zero-order valence-corrected chi connectivity index (χ0v) is 21.3. The molecule has 4 nitrogen and oxygen atoms in total. The lowest BCUT2D eigenvalue weighted by Gasteiger charge is -2.17. The van der Waals surface area contributed by atoms with Crippen molar-refractivity contribution >= 4 is 5.78 Å². The van der Waals surface area contributed by atoms with E-state index < -0.39 is 35.4 Å². The van der Waals surface area contributed by atoms with E-state index in [-0.39, 0.29) is 30.1 Å². The Bertz CT molecular complexity index is 1420. The van der Waals surface area contributed by atoms with Crippen molar-refractivity contribution in [3.05, 3.63) is 130 Å². The molecule has 1 unspecified atom stereocenters. The molecule has 0 radical (unpaired) electrons. The predicted molar refractivity (Wildman–Crippen MR) is 143 cm³/mol. The Morgan fingerprint density at radius 2 is 1.15 bits per heavy atom. The van der Waals surface area contributed by atoms with Gasteiger partial charge >= 0.3 is 12.4 Å². The molecule has 4 aromatic rings. The molecule has 1 atom stereocenters. The van der Waals surface area contributed by atoms with Gasteiger partial charge in [0.15, 0.2) is 5.78 Å². The van der Waals surface area contributed by atoms with Crippen molar-refractivity contribution in [2.75, 3.05) is 14.2 Å². The first kappa shape index (κ1) is 32.9. The number of methoxy groups -OCH3 is 2. The summed E-state index contributed by atoms with van der Waals surface area (Å²) in [5.41, 5.74) is -0.891. The fraction of sp³-hybridized carbons (Fsp3) is 0.194. The third-order valence-electron chi connectivity index (χ3n) is 5.77. The number of ketones is 1. The third kappa shape index (κ3) is 8.34. The molecule has 1 N–H and O–H groups in total. The molecule has 10 heteroatoms. The average molecular weight is 579 g/mol. The molecule has 0 saturated heterocycles. The van der Waals surface area contributed by atoms with Gasteiger partial charge in [0.2, 0.25) is 0 Å². The van der Waals surface area contributed by atoms with Gasteiger partial charge in [0, 0.05) is 11.1 Å². The van der Waals surface area contributed by atoms with E-state index in [9.17, 15) is 36.2 Å². The summed E-state index contributed by atoms with van der Waals surface area (Å²) in [5, 5.41) is 10.2. The quantitative estimate of drug-likeness (QED) is 0.185. The number of ether oxygens (including phenoxy) is 2. The number of carbonyl (C=O) groups excluding carboxylic acids is 1. The van der Waals surface area contributed by atoms with E-state index in [2.05, 4.69) is 0 Å². The van der Waals surface area contributed by atoms with E-state index in [4.69, 9.17) is 9.47 Å². The second-order valence-corrected chi connectivity index (χ2v) is 8.38. The number of aliphatic hydroxyl groups is 1. The summed E-state index contributed by atoms with van der Waals surface area (Å²) in [5.74, 6) is -0.172. The van der Waals surface area contributed by atoms with Crippen molar-refractivity contribution in [1.29, 1.82) is 0 Å². The number of alkyl halides is 6. The lowest BCUT2D eigenvalue weighted by atomic mass is 9.98. The van der Waals surface area contributed by atoms with Crippen LogP contribution in [-0.2, 0) is 12.4 Å². The van der Waals surface area contributed by atoms with E-state index in [1.807, 2.05) is 0 Å². The topological polar surface area (TPSA) is 55.8 Å². The minimum absolute atomic E-state index is 0. The second-order valence-electron chi connectivity index (χ2n) is 8.38. The highest BCUT2D eigenvalue weighted by Crippen LogP contribution is 2.37. The fourth-order valence-corrected chi connectivity index (χ4v) is 3.75. The zero-order chi connectivity index (χ0) is 29.5. The molecule has 0 fully saturated rings. The van der Waals surface area contributed by atoms with Crippen molar-refractivity contribution in [2.45, 2.75) is 25.9 Å². The molecule has 218 valence electrons. The number of rotatable bonds is 6. The lowest BCUT2D eigenvalue weighted by molar-refractivity contribution is -0.138. The van der Waals surface area contributed by atoms with Crippen molar-refractivity contribution in [3.63, 3.8) is 0 Å². The molecule has 0 amide bonds. The number of halogens is 6. The Morgan fingerprint density at radius 1 is 0.683 bits per heavy atom. The van der Waals surface area contributed by atoms with E-state index in [0.717, 1.165) is 30.3 Å². The van der Waals surface area contributed by atoms with Gasteiger partial charge in [-0.3, -0.25) is 4.79 Å². The summed E-state index contributed by atoms with van der Waals surface area (Å²) in [4.78, 5) is 12.3. The Morgan fingerprint density at radius 3 is 1.63 bits per heavy atom. The molecule has 0 aromatic heterocycles. The maximum atomic E-state index is 12.7. The van der Waals surface area contributed by atoms with Crippen LogP contribution >= 0.6 is 0 Å². The molecule has 0 heterocycles. The molecule has 4 aromatic carbocycles. The van der Waals surface area contributed by atoms with Gasteiger partial charge in [-0.25, -0.2) is 0 Å². The van der Waals surface area contributed by atoms with Gasteiger partial charge in [-0.05, 0) is 42.0 Å². The van der Waals surface area contributed by atoms with Crippen LogP contribution in [0.3, 0.4) is 0 Å². The van der Waals surface area contributed by atoms with Gasteiger partial charge in [-0.15, -0.1) is 0 Å². The first-order valence-electron chi connectivity index (χ1n) is 11.7. The molecule has 0 saturated carbocycles. The van der Waals surface area contributed by atoms with E-state index in [0.29, 0.717) is 11.1 Å². The number of benzene rings is 4. The van der Waals surface area contributed by atoms with Gasteiger partial charge in [0.1, 0.15) is 17.6 Å². The molecule has 0 bridgehead atoms. The number of hydrogen-bond donors (Lipinski definition) is 1. The molecular weight excluding hydrogens is 550 g/mol. The largest absolute Gasteiger partial charge is 0.496 e. The highest BCUT2D eigenvalue weighted by Gasteiger charge is 2.33. The van der Waals surface area contributed by atoms with Gasteiger partial charge < -0.3 is 14.6 Å². The number of aliphatic hydroxyl groups excluding tert-OH is 1. The lowest BCUT2D eigenvalue weighted by Crippen LogP contribution is -2.09. The highest BCUT2D eigenvalue weighted by atomic mass is 19.4. The maximum absolute atomic E-state index is 12.7. The van der Waals surface area contributed by atoms with Crippen molar-refractivity contribution < 1.29 is 45.7 Å². The standard InChI is InChI=1S/C15H13F3O2.C15H11F3O2.CH4/c2*1-20-13-8-7-11(15(16,17)18)9-12(13)14(19)10-5-3-2-4-6-10;/h2-9,14,19H,1H3;2-9H,1H3;1H4. The minimum atomic E-state index is -4.50. The molecule has 41 heavy (non-hydrogen) atoms. The average Bonchev–Trinajstić information content (AvgIpc) is 2.96. The van der Waals surface area contributed by atoms with Crippen molar-refractivity contribution in [3.8, 4) is 11.5 Å². The summed E-state index contributed by atoms with van der Waals surface area (Å²) in [6.07, 6.45) is -10.1. The molecule has 4 rings (SSSR count). The summed E-state index contributed by atoms with van der Waals surface area (Å²) in [6, 6.07) is 22.5. The van der Waals surface area contributed by atoms with Crippen LogP contribution in [-0.4, -0.2) is 25.1 Å². The van der Waals surface area contributed by atoms with Crippen LogP contribution in [0.2, 0.25) is 0 Å². The summed E-state index contributed by atoms with van der Waals surface area (Å²) < 4.78 is 86.4. The summed E-state index contributed by atoms with van der Waals surface area (Å²) >= 11 is 0. The first-order valence-corrected chi connectivity index (χ1v) is 11.7. The third-order valence-corrected chi connectivity index (χ3v) is 5.77. The maximum Gasteiger partial charge on any atom is 0.416 e. The number of hydrogen-bond acceptors (Lipinski definition) is 4. The molecular formula is C31H28F6O4. The van der Waals surface area contributed by atoms with Crippen LogP contribution in [0.1, 0.15) is 51.7 Å². The predicted octanol–water partition coefficient (Wildman–Crippen LogP) is 8.38. The Kier molecular flexibility index (Phi) is 11.1. The fourth-order valence-electron chi connectivity index (χ4n) is 3.75. The van der Waals surface area contributed by atoms with E-state index >= 15 is 0 Å². The molecule has 0 aliphatic rings. The van der Waals surface area contributed by atoms with Crippen LogP contribution in [0.5, 0.6) is 11.5 Å². The normalized spacial score (nSPS) is 11.8. The smallest absolute Gasteiger partial charge is 0.416 e. The highest BCUT2D eigenvalue weighted by molar-refractivity contribution is 6.10. The van der Waals surface area contributed by atoms with Crippen molar-refractivity contribution in [2.24, 2.45) is 0 Å². The first-order chi connectivity index (χ1) is 18.9. The van der Waals surface area contributed by atoms with Crippen LogP contribution in [0.15, 0.2) is 97.1 Å². The van der Waals surface area contributed by atoms with Crippen LogP contribution in [0.25, 0.3) is 0 Å². The second kappa shape index (κ2) is 13.8. The molecule has 0 spiro atoms. The molecule has 0 aliphatic carbocycles. The van der Waals surface area contributed by atoms with Gasteiger partial charge in [-0.1, -0.05) is 68.1 Å².